The van der Waals surface area contributed by atoms with Crippen molar-refractivity contribution in [3.63, 3.8) is 0 Å². The highest BCUT2D eigenvalue weighted by molar-refractivity contribution is 7.17. The molecule has 0 bridgehead atoms. The third kappa shape index (κ3) is 6.24. The molecule has 1 aromatic carbocycles. The Kier molecular flexibility index (Phi) is 6.50. The highest BCUT2D eigenvalue weighted by Crippen LogP contribution is 2.22. The van der Waals surface area contributed by atoms with Crippen molar-refractivity contribution in [2.24, 2.45) is 0 Å². The molecule has 3 N–H and O–H groups in total. The predicted molar refractivity (Wildman–Crippen MR) is 103 cm³/mol. The van der Waals surface area contributed by atoms with Crippen LogP contribution in [0.25, 0.3) is 0 Å². The number of ether oxygens (including phenoxy) is 2. The lowest BCUT2D eigenvalue weighted by Gasteiger charge is -2.19. The summed E-state index contributed by atoms with van der Waals surface area (Å²) in [5.41, 5.74) is 6.63. The van der Waals surface area contributed by atoms with Crippen LogP contribution in [0, 0.1) is 0 Å². The number of benzene rings is 1. The van der Waals surface area contributed by atoms with E-state index in [0.717, 1.165) is 5.56 Å². The van der Waals surface area contributed by atoms with E-state index in [1.54, 1.807) is 51.1 Å². The molecule has 1 heterocycles. The molecule has 0 saturated heterocycles. The lowest BCUT2D eigenvalue weighted by atomic mass is 10.1. The summed E-state index contributed by atoms with van der Waals surface area (Å²) >= 11 is 7.03. The first-order valence-corrected chi connectivity index (χ1v) is 9.10. The van der Waals surface area contributed by atoms with Crippen LogP contribution >= 0.6 is 22.9 Å². The van der Waals surface area contributed by atoms with Gasteiger partial charge in [0.25, 0.3) is 5.91 Å². The van der Waals surface area contributed by atoms with Crippen LogP contribution in [-0.4, -0.2) is 24.1 Å². The van der Waals surface area contributed by atoms with Crippen LogP contribution < -0.4 is 15.8 Å². The Bertz CT molecular complexity index is 799. The van der Waals surface area contributed by atoms with Crippen LogP contribution in [0.3, 0.4) is 0 Å². The molecule has 2 aromatic rings. The molecule has 0 unspecified atom stereocenters. The van der Waals surface area contributed by atoms with E-state index < -0.39 is 11.6 Å². The first-order valence-electron chi connectivity index (χ1n) is 7.90. The number of amides is 1. The number of halogens is 1. The quantitative estimate of drug-likeness (QED) is 0.574. The third-order valence-corrected chi connectivity index (χ3v) is 4.36. The average Bonchev–Trinajstić information content (AvgIpc) is 2.96. The van der Waals surface area contributed by atoms with Crippen molar-refractivity contribution < 1.29 is 19.1 Å². The number of esters is 1. The van der Waals surface area contributed by atoms with Gasteiger partial charge in [-0.15, -0.1) is 11.3 Å². The summed E-state index contributed by atoms with van der Waals surface area (Å²) in [6.07, 6.45) is 0. The minimum absolute atomic E-state index is 0.202. The molecule has 0 aliphatic heterocycles. The molecule has 0 spiro atoms. The number of hydrogen-bond acceptors (Lipinski definition) is 6. The number of carbonyl (C=O) groups excluding carboxylic acids is 2. The standard InChI is InChI=1S/C18H21ClN2O4S/c1-18(2,3)25-16(22)10-24-12-5-4-11(13(20)8-12)9-21-17(23)14-6-7-15(19)26-14/h4-8H,9-10,20H2,1-3H3,(H,21,23). The van der Waals surface area contributed by atoms with E-state index in [-0.39, 0.29) is 19.1 Å². The van der Waals surface area contributed by atoms with E-state index in [1.165, 1.54) is 11.3 Å². The molecule has 8 heteroatoms. The molecular formula is C18H21ClN2O4S. The maximum Gasteiger partial charge on any atom is 0.344 e. The van der Waals surface area contributed by atoms with E-state index in [9.17, 15) is 9.59 Å². The highest BCUT2D eigenvalue weighted by Gasteiger charge is 2.16. The Labute approximate surface area is 161 Å². The summed E-state index contributed by atoms with van der Waals surface area (Å²) in [5, 5.41) is 2.78. The van der Waals surface area contributed by atoms with Gasteiger partial charge in [0.15, 0.2) is 6.61 Å². The van der Waals surface area contributed by atoms with Crippen LogP contribution in [0.5, 0.6) is 5.75 Å². The summed E-state index contributed by atoms with van der Waals surface area (Å²) in [6.45, 7) is 5.43. The number of nitrogen functional groups attached to an aromatic ring is 1. The largest absolute Gasteiger partial charge is 0.482 e. The van der Waals surface area contributed by atoms with Gasteiger partial charge in [-0.25, -0.2) is 4.79 Å². The number of hydrogen-bond donors (Lipinski definition) is 2. The zero-order valence-corrected chi connectivity index (χ0v) is 16.4. The molecule has 1 amide bonds. The summed E-state index contributed by atoms with van der Waals surface area (Å²) in [7, 11) is 0. The van der Waals surface area contributed by atoms with Crippen molar-refractivity contribution >= 4 is 40.5 Å². The van der Waals surface area contributed by atoms with Gasteiger partial charge in [-0.1, -0.05) is 17.7 Å². The van der Waals surface area contributed by atoms with Crippen molar-refractivity contribution in [3.8, 4) is 5.75 Å². The van der Waals surface area contributed by atoms with Crippen LogP contribution in [0.2, 0.25) is 4.34 Å². The monoisotopic (exact) mass is 396 g/mol. The zero-order chi connectivity index (χ0) is 19.3. The molecule has 26 heavy (non-hydrogen) atoms. The second-order valence-corrected chi connectivity index (χ2v) is 8.24. The van der Waals surface area contributed by atoms with Gasteiger partial charge in [0.05, 0.1) is 9.21 Å². The normalized spacial score (nSPS) is 11.1. The van der Waals surface area contributed by atoms with Crippen molar-refractivity contribution in [3.05, 3.63) is 45.1 Å². The van der Waals surface area contributed by atoms with Gasteiger partial charge < -0.3 is 20.5 Å². The van der Waals surface area contributed by atoms with Gasteiger partial charge in [0.2, 0.25) is 0 Å². The van der Waals surface area contributed by atoms with Gasteiger partial charge in [-0.2, -0.15) is 0 Å². The van der Waals surface area contributed by atoms with Crippen molar-refractivity contribution in [2.45, 2.75) is 32.9 Å². The maximum atomic E-state index is 12.0. The fourth-order valence-corrected chi connectivity index (χ4v) is 3.00. The second-order valence-electron chi connectivity index (χ2n) is 6.52. The van der Waals surface area contributed by atoms with Crippen LogP contribution in [0.1, 0.15) is 36.0 Å². The summed E-state index contributed by atoms with van der Waals surface area (Å²) in [5.74, 6) is -0.220. The Hall–Kier alpha value is -2.25. The lowest BCUT2D eigenvalue weighted by Crippen LogP contribution is -2.27. The molecule has 1 aromatic heterocycles. The van der Waals surface area contributed by atoms with Crippen LogP contribution in [-0.2, 0) is 16.1 Å². The molecular weight excluding hydrogens is 376 g/mol. The number of anilines is 1. The first-order chi connectivity index (χ1) is 12.1. The summed E-state index contributed by atoms with van der Waals surface area (Å²) in [4.78, 5) is 24.2. The molecule has 0 aliphatic carbocycles. The number of thiophene rings is 1. The van der Waals surface area contributed by atoms with E-state index in [2.05, 4.69) is 5.32 Å². The number of carbonyl (C=O) groups is 2. The van der Waals surface area contributed by atoms with Crippen LogP contribution in [0.15, 0.2) is 30.3 Å². The number of nitrogens with two attached hydrogens (primary N) is 1. The topological polar surface area (TPSA) is 90.6 Å². The van der Waals surface area contributed by atoms with Crippen LogP contribution in [0.4, 0.5) is 5.69 Å². The molecule has 6 nitrogen and oxygen atoms in total. The van der Waals surface area contributed by atoms with E-state index in [1.807, 2.05) is 0 Å². The second kappa shape index (κ2) is 8.42. The smallest absolute Gasteiger partial charge is 0.344 e. The fraction of sp³-hybridized carbons (Fsp3) is 0.333. The third-order valence-electron chi connectivity index (χ3n) is 3.13. The first kappa shape index (κ1) is 20.1. The molecule has 0 saturated carbocycles. The molecule has 0 aliphatic rings. The Balaban J connectivity index is 1.88. The van der Waals surface area contributed by atoms with E-state index >= 15 is 0 Å². The van der Waals surface area contributed by atoms with Gasteiger partial charge in [-0.3, -0.25) is 4.79 Å². The van der Waals surface area contributed by atoms with Gasteiger partial charge >= 0.3 is 5.97 Å². The Morgan fingerprint density at radius 2 is 1.96 bits per heavy atom. The summed E-state index contributed by atoms with van der Waals surface area (Å²) in [6, 6.07) is 8.37. The van der Waals surface area contributed by atoms with Gasteiger partial charge in [-0.05, 0) is 44.5 Å². The van der Waals surface area contributed by atoms with Crippen molar-refractivity contribution in [2.75, 3.05) is 12.3 Å². The molecule has 2 rings (SSSR count). The van der Waals surface area contributed by atoms with Gasteiger partial charge in [0.1, 0.15) is 11.4 Å². The van der Waals surface area contributed by atoms with Gasteiger partial charge in [0, 0.05) is 18.3 Å². The van der Waals surface area contributed by atoms with E-state index in [0.29, 0.717) is 20.7 Å². The Morgan fingerprint density at radius 3 is 2.54 bits per heavy atom. The fourth-order valence-electron chi connectivity index (χ4n) is 2.04. The molecule has 0 radical (unpaired) electrons. The lowest BCUT2D eigenvalue weighted by molar-refractivity contribution is -0.157. The van der Waals surface area contributed by atoms with E-state index in [4.69, 9.17) is 26.8 Å². The SMILES string of the molecule is CC(C)(C)OC(=O)COc1ccc(CNC(=O)c2ccc(Cl)s2)c(N)c1. The van der Waals surface area contributed by atoms with Crippen molar-refractivity contribution in [1.82, 2.24) is 5.32 Å². The molecule has 0 atom stereocenters. The Morgan fingerprint density at radius 1 is 1.23 bits per heavy atom. The van der Waals surface area contributed by atoms with Crippen molar-refractivity contribution in [1.29, 1.82) is 0 Å². The molecule has 140 valence electrons. The number of nitrogens with one attached hydrogen (secondary N) is 1. The summed E-state index contributed by atoms with van der Waals surface area (Å²) < 4.78 is 11.1. The molecule has 0 fully saturated rings. The minimum Gasteiger partial charge on any atom is -0.482 e. The maximum absolute atomic E-state index is 12.0. The zero-order valence-electron chi connectivity index (χ0n) is 14.8. The number of rotatable bonds is 6. The minimum atomic E-state index is -0.561. The average molecular weight is 397 g/mol. The predicted octanol–water partition coefficient (Wildman–Crippen LogP) is 3.63. The highest BCUT2D eigenvalue weighted by atomic mass is 35.5.